The van der Waals surface area contributed by atoms with Gasteiger partial charge in [0.15, 0.2) is 0 Å². The van der Waals surface area contributed by atoms with Crippen molar-refractivity contribution in [2.24, 2.45) is 0 Å². The maximum absolute atomic E-state index is 14.1. The molecule has 1 amide bonds. The number of nitriles is 1. The third kappa shape index (κ3) is 3.34. The molecule has 118 valence electrons. The molecule has 0 aliphatic carbocycles. The van der Waals surface area contributed by atoms with Crippen molar-refractivity contribution in [3.8, 4) is 6.07 Å². The molecule has 1 atom stereocenters. The summed E-state index contributed by atoms with van der Waals surface area (Å²) < 4.78 is 14.1. The van der Waals surface area contributed by atoms with Crippen LogP contribution in [0, 0.1) is 17.1 Å². The van der Waals surface area contributed by atoms with Crippen molar-refractivity contribution in [2.45, 2.75) is 18.9 Å². The summed E-state index contributed by atoms with van der Waals surface area (Å²) in [6.07, 6.45) is 3.43. The molecule has 2 N–H and O–H groups in total. The van der Waals surface area contributed by atoms with Crippen LogP contribution in [0.3, 0.4) is 0 Å². The lowest BCUT2D eigenvalue weighted by atomic mass is 10.0. The van der Waals surface area contributed by atoms with Crippen LogP contribution in [0.25, 0.3) is 0 Å². The monoisotopic (exact) mass is 312 g/mol. The van der Waals surface area contributed by atoms with Gasteiger partial charge < -0.3 is 15.2 Å². The van der Waals surface area contributed by atoms with Crippen LogP contribution in [0.1, 0.15) is 28.9 Å². The maximum Gasteiger partial charge on any atom is 0.267 e. The van der Waals surface area contributed by atoms with E-state index in [1.54, 1.807) is 30.5 Å². The number of aromatic amines is 1. The lowest BCUT2D eigenvalue weighted by molar-refractivity contribution is 0.0928. The van der Waals surface area contributed by atoms with Gasteiger partial charge in [0.1, 0.15) is 11.5 Å². The number of rotatable bonds is 3. The van der Waals surface area contributed by atoms with Crippen LogP contribution in [-0.2, 0) is 0 Å². The van der Waals surface area contributed by atoms with Crippen molar-refractivity contribution in [1.82, 2.24) is 10.3 Å². The molecule has 1 aliphatic heterocycles. The summed E-state index contributed by atoms with van der Waals surface area (Å²) in [7, 11) is 0. The molecule has 0 saturated carbocycles. The highest BCUT2D eigenvalue weighted by atomic mass is 19.1. The van der Waals surface area contributed by atoms with Crippen LogP contribution in [0.15, 0.2) is 36.5 Å². The van der Waals surface area contributed by atoms with Crippen LogP contribution in [-0.4, -0.2) is 30.0 Å². The van der Waals surface area contributed by atoms with E-state index in [9.17, 15) is 9.18 Å². The zero-order chi connectivity index (χ0) is 16.2. The number of H-pyrrole nitrogens is 1. The van der Waals surface area contributed by atoms with Gasteiger partial charge in [0, 0.05) is 25.3 Å². The topological polar surface area (TPSA) is 71.9 Å². The number of halogens is 1. The van der Waals surface area contributed by atoms with Crippen LogP contribution in [0.5, 0.6) is 0 Å². The smallest absolute Gasteiger partial charge is 0.267 e. The predicted molar refractivity (Wildman–Crippen MR) is 84.6 cm³/mol. The van der Waals surface area contributed by atoms with E-state index >= 15 is 0 Å². The molecule has 1 aromatic carbocycles. The van der Waals surface area contributed by atoms with Crippen molar-refractivity contribution in [2.75, 3.05) is 18.0 Å². The van der Waals surface area contributed by atoms with Gasteiger partial charge in [-0.2, -0.15) is 5.26 Å². The first-order chi connectivity index (χ1) is 11.2. The largest absolute Gasteiger partial charge is 0.367 e. The van der Waals surface area contributed by atoms with Crippen molar-refractivity contribution < 1.29 is 9.18 Å². The average molecular weight is 312 g/mol. The second-order valence-electron chi connectivity index (χ2n) is 5.62. The second kappa shape index (κ2) is 6.53. The molecule has 1 aromatic heterocycles. The van der Waals surface area contributed by atoms with Gasteiger partial charge in [-0.1, -0.05) is 0 Å². The summed E-state index contributed by atoms with van der Waals surface area (Å²) in [5.41, 5.74) is 1.30. The van der Waals surface area contributed by atoms with Crippen molar-refractivity contribution in [3.63, 3.8) is 0 Å². The molecule has 0 radical (unpaired) electrons. The van der Waals surface area contributed by atoms with Gasteiger partial charge in [-0.05, 0) is 43.2 Å². The van der Waals surface area contributed by atoms with Crippen molar-refractivity contribution in [3.05, 3.63) is 53.6 Å². The van der Waals surface area contributed by atoms with Crippen molar-refractivity contribution >= 4 is 11.6 Å². The zero-order valence-electron chi connectivity index (χ0n) is 12.6. The summed E-state index contributed by atoms with van der Waals surface area (Å²) in [5, 5.41) is 11.8. The Bertz CT molecular complexity index is 736. The highest BCUT2D eigenvalue weighted by Gasteiger charge is 2.24. The highest BCUT2D eigenvalue weighted by Crippen LogP contribution is 2.24. The molecule has 5 nitrogen and oxygen atoms in total. The number of nitrogens with one attached hydrogen (secondary N) is 2. The van der Waals surface area contributed by atoms with Gasteiger partial charge in [-0.25, -0.2) is 4.39 Å². The Morgan fingerprint density at radius 2 is 2.30 bits per heavy atom. The van der Waals surface area contributed by atoms with E-state index in [0.29, 0.717) is 23.5 Å². The van der Waals surface area contributed by atoms with Gasteiger partial charge in [0.05, 0.1) is 17.3 Å². The van der Waals surface area contributed by atoms with E-state index in [-0.39, 0.29) is 11.9 Å². The van der Waals surface area contributed by atoms with E-state index < -0.39 is 5.82 Å². The number of amides is 1. The number of carbonyl (C=O) groups is 1. The summed E-state index contributed by atoms with van der Waals surface area (Å²) in [6, 6.07) is 9.87. The van der Waals surface area contributed by atoms with Gasteiger partial charge in [0.2, 0.25) is 0 Å². The first-order valence-corrected chi connectivity index (χ1v) is 7.56. The third-order valence-electron chi connectivity index (χ3n) is 4.02. The van der Waals surface area contributed by atoms with E-state index in [1.165, 1.54) is 6.07 Å². The number of carbonyl (C=O) groups excluding carboxylic acids is 1. The Morgan fingerprint density at radius 3 is 3.00 bits per heavy atom. The minimum Gasteiger partial charge on any atom is -0.367 e. The predicted octanol–water partition coefficient (Wildman–Crippen LogP) is 2.42. The number of benzene rings is 1. The average Bonchev–Trinajstić information content (AvgIpc) is 3.09. The molecule has 6 heteroatoms. The van der Waals surface area contributed by atoms with Gasteiger partial charge in [0.25, 0.3) is 5.91 Å². The first-order valence-electron chi connectivity index (χ1n) is 7.56. The Labute approximate surface area is 133 Å². The number of piperidine rings is 1. The quantitative estimate of drug-likeness (QED) is 0.914. The fraction of sp³-hybridized carbons (Fsp3) is 0.294. The number of hydrogen-bond acceptors (Lipinski definition) is 3. The van der Waals surface area contributed by atoms with E-state index in [0.717, 1.165) is 19.4 Å². The van der Waals surface area contributed by atoms with E-state index in [2.05, 4.69) is 10.3 Å². The molecule has 0 spiro atoms. The standard InChI is InChI=1S/C17H17FN4O/c18-14-9-12(10-19)5-6-16(14)22-8-2-3-13(11-22)21-17(23)15-4-1-7-20-15/h1,4-7,9,13,20H,2-3,8,11H2,(H,21,23). The summed E-state index contributed by atoms with van der Waals surface area (Å²) in [6.45, 7) is 1.28. The molecular formula is C17H17FN4O. The fourth-order valence-corrected chi connectivity index (χ4v) is 2.88. The van der Waals surface area contributed by atoms with Gasteiger partial charge in [-0.3, -0.25) is 4.79 Å². The minimum absolute atomic E-state index is 0.0328. The molecule has 0 bridgehead atoms. The molecule has 2 heterocycles. The van der Waals surface area contributed by atoms with Crippen LogP contribution >= 0.6 is 0 Å². The Kier molecular flexibility index (Phi) is 4.29. The zero-order valence-corrected chi connectivity index (χ0v) is 12.6. The Morgan fingerprint density at radius 1 is 1.43 bits per heavy atom. The first kappa shape index (κ1) is 15.1. The molecule has 1 saturated heterocycles. The van der Waals surface area contributed by atoms with Gasteiger partial charge >= 0.3 is 0 Å². The molecular weight excluding hydrogens is 295 g/mol. The summed E-state index contributed by atoms with van der Waals surface area (Å²) in [5.74, 6) is -0.553. The maximum atomic E-state index is 14.1. The Hall–Kier alpha value is -2.81. The second-order valence-corrected chi connectivity index (χ2v) is 5.62. The normalized spacial score (nSPS) is 17.6. The minimum atomic E-state index is -0.402. The number of aromatic nitrogens is 1. The number of nitrogens with zero attached hydrogens (tertiary/aromatic N) is 2. The molecule has 2 aromatic rings. The highest BCUT2D eigenvalue weighted by molar-refractivity contribution is 5.92. The fourth-order valence-electron chi connectivity index (χ4n) is 2.88. The lowest BCUT2D eigenvalue weighted by Crippen LogP contribution is -2.48. The molecule has 23 heavy (non-hydrogen) atoms. The molecule has 1 fully saturated rings. The third-order valence-corrected chi connectivity index (χ3v) is 4.02. The summed E-state index contributed by atoms with van der Waals surface area (Å²) >= 11 is 0. The molecule has 1 aliphatic rings. The number of hydrogen-bond donors (Lipinski definition) is 2. The lowest BCUT2D eigenvalue weighted by Gasteiger charge is -2.34. The summed E-state index contributed by atoms with van der Waals surface area (Å²) in [4.78, 5) is 16.9. The Balaban J connectivity index is 1.69. The SMILES string of the molecule is N#Cc1ccc(N2CCCC(NC(=O)c3ccc[nH]3)C2)c(F)c1. The van der Waals surface area contributed by atoms with Crippen molar-refractivity contribution in [1.29, 1.82) is 5.26 Å². The van der Waals surface area contributed by atoms with Gasteiger partial charge in [-0.15, -0.1) is 0 Å². The molecule has 1 unspecified atom stereocenters. The number of anilines is 1. The van der Waals surface area contributed by atoms with E-state index in [4.69, 9.17) is 5.26 Å². The molecule has 3 rings (SSSR count). The van der Waals surface area contributed by atoms with Crippen LogP contribution in [0.2, 0.25) is 0 Å². The van der Waals surface area contributed by atoms with Crippen LogP contribution < -0.4 is 10.2 Å². The van der Waals surface area contributed by atoms with E-state index in [1.807, 2.05) is 11.0 Å². The van der Waals surface area contributed by atoms with Crippen LogP contribution in [0.4, 0.5) is 10.1 Å².